The molecule has 0 bridgehead atoms. The summed E-state index contributed by atoms with van der Waals surface area (Å²) < 4.78 is 0. The van der Waals surface area contributed by atoms with Crippen molar-refractivity contribution in [3.05, 3.63) is 18.0 Å². The van der Waals surface area contributed by atoms with Gasteiger partial charge in [0, 0.05) is 25.2 Å². The van der Waals surface area contributed by atoms with Gasteiger partial charge in [-0.3, -0.25) is 4.79 Å². The molecular formula is C10H12N2OS. The third kappa shape index (κ3) is 1.95. The Hall–Kier alpha value is -0.900. The van der Waals surface area contributed by atoms with Crippen molar-refractivity contribution in [1.29, 1.82) is 0 Å². The summed E-state index contributed by atoms with van der Waals surface area (Å²) in [6.45, 7) is 0. The summed E-state index contributed by atoms with van der Waals surface area (Å²) in [5.74, 6) is 0.724. The van der Waals surface area contributed by atoms with Crippen LogP contribution in [-0.4, -0.2) is 22.0 Å². The van der Waals surface area contributed by atoms with Crippen molar-refractivity contribution in [3.8, 4) is 0 Å². The van der Waals surface area contributed by atoms with Crippen molar-refractivity contribution in [2.24, 2.45) is 0 Å². The van der Waals surface area contributed by atoms with Crippen LogP contribution in [0, 0.1) is 0 Å². The van der Waals surface area contributed by atoms with Gasteiger partial charge >= 0.3 is 0 Å². The highest BCUT2D eigenvalue weighted by molar-refractivity contribution is 7.98. The molecule has 1 heterocycles. The minimum Gasteiger partial charge on any atom is -0.300 e. The highest BCUT2D eigenvalue weighted by Crippen LogP contribution is 2.31. The number of carbonyl (C=O) groups is 1. The van der Waals surface area contributed by atoms with E-state index in [0.29, 0.717) is 18.1 Å². The van der Waals surface area contributed by atoms with Gasteiger partial charge in [-0.25, -0.2) is 9.97 Å². The van der Waals surface area contributed by atoms with Crippen LogP contribution < -0.4 is 0 Å². The van der Waals surface area contributed by atoms with Gasteiger partial charge in [-0.2, -0.15) is 0 Å². The van der Waals surface area contributed by atoms with Gasteiger partial charge in [0.25, 0.3) is 0 Å². The number of hydrogen-bond acceptors (Lipinski definition) is 4. The molecule has 1 atom stereocenters. The lowest BCUT2D eigenvalue weighted by Gasteiger charge is -2.06. The molecule has 1 aromatic heterocycles. The SMILES string of the molecule is CSc1ncc([C@@H]2CCC(=O)C2)cn1. The van der Waals surface area contributed by atoms with E-state index in [0.717, 1.165) is 23.6 Å². The maximum Gasteiger partial charge on any atom is 0.187 e. The van der Waals surface area contributed by atoms with Gasteiger partial charge in [0.2, 0.25) is 0 Å². The zero-order valence-corrected chi connectivity index (χ0v) is 8.88. The molecule has 0 radical (unpaired) electrons. The van der Waals surface area contributed by atoms with Crippen LogP contribution in [0.1, 0.15) is 30.7 Å². The number of ketones is 1. The quantitative estimate of drug-likeness (QED) is 0.551. The molecule has 0 saturated heterocycles. The van der Waals surface area contributed by atoms with E-state index < -0.39 is 0 Å². The maximum absolute atomic E-state index is 11.1. The molecule has 3 nitrogen and oxygen atoms in total. The van der Waals surface area contributed by atoms with E-state index in [1.807, 2.05) is 18.6 Å². The Balaban J connectivity index is 2.13. The summed E-state index contributed by atoms with van der Waals surface area (Å²) in [6, 6.07) is 0. The second-order valence-electron chi connectivity index (χ2n) is 3.48. The molecule has 0 aromatic carbocycles. The van der Waals surface area contributed by atoms with Crippen molar-refractivity contribution in [3.63, 3.8) is 0 Å². The molecule has 0 aliphatic heterocycles. The van der Waals surface area contributed by atoms with Crippen LogP contribution in [0.4, 0.5) is 0 Å². The van der Waals surface area contributed by atoms with Gasteiger partial charge in [0.1, 0.15) is 5.78 Å². The molecule has 0 amide bonds. The lowest BCUT2D eigenvalue weighted by Crippen LogP contribution is -1.97. The largest absolute Gasteiger partial charge is 0.300 e. The van der Waals surface area contributed by atoms with Crippen molar-refractivity contribution >= 4 is 17.5 Å². The average Bonchev–Trinajstić information content (AvgIpc) is 2.65. The fourth-order valence-electron chi connectivity index (χ4n) is 1.74. The molecule has 0 spiro atoms. The van der Waals surface area contributed by atoms with Crippen molar-refractivity contribution in [2.45, 2.75) is 30.3 Å². The summed E-state index contributed by atoms with van der Waals surface area (Å²) in [7, 11) is 0. The van der Waals surface area contributed by atoms with E-state index in [-0.39, 0.29) is 0 Å². The Labute approximate surface area is 87.3 Å². The number of aromatic nitrogens is 2. The lowest BCUT2D eigenvalue weighted by atomic mass is 10.0. The van der Waals surface area contributed by atoms with E-state index in [1.54, 1.807) is 0 Å². The van der Waals surface area contributed by atoms with Crippen LogP contribution in [0.15, 0.2) is 17.6 Å². The zero-order valence-electron chi connectivity index (χ0n) is 8.06. The van der Waals surface area contributed by atoms with Gasteiger partial charge in [-0.05, 0) is 24.2 Å². The summed E-state index contributed by atoms with van der Waals surface area (Å²) in [5.41, 5.74) is 1.11. The average molecular weight is 208 g/mol. The van der Waals surface area contributed by atoms with Gasteiger partial charge in [0.15, 0.2) is 5.16 Å². The third-order valence-electron chi connectivity index (χ3n) is 2.55. The first kappa shape index (κ1) is 9.65. The predicted octanol–water partition coefficient (Wildman–Crippen LogP) is 2.04. The van der Waals surface area contributed by atoms with E-state index in [9.17, 15) is 4.79 Å². The Morgan fingerprint density at radius 3 is 2.64 bits per heavy atom. The number of Topliss-reactive ketones (excluding diaryl/α,β-unsaturated/α-hetero) is 1. The summed E-state index contributed by atoms with van der Waals surface area (Å²) in [6.07, 6.45) is 8.00. The molecule has 1 saturated carbocycles. The molecule has 0 N–H and O–H groups in total. The van der Waals surface area contributed by atoms with Crippen LogP contribution in [-0.2, 0) is 4.79 Å². The second-order valence-corrected chi connectivity index (χ2v) is 4.25. The summed E-state index contributed by atoms with van der Waals surface area (Å²) in [4.78, 5) is 19.5. The monoisotopic (exact) mass is 208 g/mol. The molecule has 74 valence electrons. The first-order chi connectivity index (χ1) is 6.79. The van der Waals surface area contributed by atoms with Crippen LogP contribution >= 0.6 is 11.8 Å². The molecule has 14 heavy (non-hydrogen) atoms. The smallest absolute Gasteiger partial charge is 0.187 e. The van der Waals surface area contributed by atoms with Gasteiger partial charge in [-0.1, -0.05) is 11.8 Å². The van der Waals surface area contributed by atoms with E-state index in [1.165, 1.54) is 11.8 Å². The number of nitrogens with zero attached hydrogens (tertiary/aromatic N) is 2. The molecule has 0 unspecified atom stereocenters. The van der Waals surface area contributed by atoms with Crippen LogP contribution in [0.3, 0.4) is 0 Å². The van der Waals surface area contributed by atoms with Crippen LogP contribution in [0.25, 0.3) is 0 Å². The highest BCUT2D eigenvalue weighted by atomic mass is 32.2. The maximum atomic E-state index is 11.1. The molecule has 1 aliphatic carbocycles. The van der Waals surface area contributed by atoms with Crippen molar-refractivity contribution in [2.75, 3.05) is 6.26 Å². The van der Waals surface area contributed by atoms with E-state index in [2.05, 4.69) is 9.97 Å². The summed E-state index contributed by atoms with van der Waals surface area (Å²) in [5, 5.41) is 0.790. The highest BCUT2D eigenvalue weighted by Gasteiger charge is 2.23. The van der Waals surface area contributed by atoms with Crippen molar-refractivity contribution < 1.29 is 4.79 Å². The topological polar surface area (TPSA) is 42.9 Å². The number of hydrogen-bond donors (Lipinski definition) is 0. The van der Waals surface area contributed by atoms with E-state index >= 15 is 0 Å². The number of thioether (sulfide) groups is 1. The summed E-state index contributed by atoms with van der Waals surface area (Å²) >= 11 is 1.53. The lowest BCUT2D eigenvalue weighted by molar-refractivity contribution is -0.117. The van der Waals surface area contributed by atoms with Crippen LogP contribution in [0.5, 0.6) is 0 Å². The Kier molecular flexibility index (Phi) is 2.82. The van der Waals surface area contributed by atoms with Crippen LogP contribution in [0.2, 0.25) is 0 Å². The first-order valence-corrected chi connectivity index (χ1v) is 5.89. The first-order valence-electron chi connectivity index (χ1n) is 4.67. The Morgan fingerprint density at radius 2 is 2.14 bits per heavy atom. The minimum atomic E-state index is 0.360. The molecule has 1 aliphatic rings. The number of rotatable bonds is 2. The molecular weight excluding hydrogens is 196 g/mol. The zero-order chi connectivity index (χ0) is 9.97. The van der Waals surface area contributed by atoms with E-state index in [4.69, 9.17) is 0 Å². The Bertz CT molecular complexity index is 336. The Morgan fingerprint density at radius 1 is 1.43 bits per heavy atom. The molecule has 2 rings (SSSR count). The molecule has 4 heteroatoms. The van der Waals surface area contributed by atoms with Gasteiger partial charge in [0.05, 0.1) is 0 Å². The predicted molar refractivity (Wildman–Crippen MR) is 55.4 cm³/mol. The fourth-order valence-corrected chi connectivity index (χ4v) is 2.06. The standard InChI is InChI=1S/C10H12N2OS/c1-14-10-11-5-8(6-12-10)7-2-3-9(13)4-7/h5-7H,2-4H2,1H3/t7-/m1/s1. The second kappa shape index (κ2) is 4.09. The molecule has 1 fully saturated rings. The molecule has 1 aromatic rings. The number of carbonyl (C=O) groups excluding carboxylic acids is 1. The third-order valence-corrected chi connectivity index (χ3v) is 3.12. The van der Waals surface area contributed by atoms with Crippen molar-refractivity contribution in [1.82, 2.24) is 9.97 Å². The van der Waals surface area contributed by atoms with Gasteiger partial charge < -0.3 is 0 Å². The fraction of sp³-hybridized carbons (Fsp3) is 0.500. The van der Waals surface area contributed by atoms with Gasteiger partial charge in [-0.15, -0.1) is 0 Å². The minimum absolute atomic E-state index is 0.360. The normalized spacial score (nSPS) is 21.5.